The van der Waals surface area contributed by atoms with Gasteiger partial charge in [-0.25, -0.2) is 4.98 Å². The molecule has 0 amide bonds. The van der Waals surface area contributed by atoms with Gasteiger partial charge in [-0.15, -0.1) is 0 Å². The Kier molecular flexibility index (Phi) is 6.86. The van der Waals surface area contributed by atoms with Crippen molar-refractivity contribution >= 4 is 54.5 Å². The van der Waals surface area contributed by atoms with Crippen molar-refractivity contribution in [1.29, 1.82) is 0 Å². The molecular weight excluding hydrogens is 655 g/mol. The molecule has 3 aromatic heterocycles. The van der Waals surface area contributed by atoms with E-state index in [1.807, 2.05) is 0 Å². The molecule has 3 heteroatoms. The van der Waals surface area contributed by atoms with E-state index in [9.17, 15) is 0 Å². The van der Waals surface area contributed by atoms with Gasteiger partial charge in [0.05, 0.1) is 27.6 Å². The van der Waals surface area contributed by atoms with Gasteiger partial charge in [0.25, 0.3) is 0 Å². The number of para-hydroxylation sites is 3. The molecule has 0 unspecified atom stereocenters. The molecule has 252 valence electrons. The standard InChI is InChI=1S/C51H33N3/c1-4-14-34(15-5-1)38-24-27-42-45-31-37(36-25-28-48-44(30-36)41-21-11-13-23-47(41)53(48)40-19-8-3-9-20-40)26-29-49(45)54(50(42)33-38)51-43(35-16-6-2-7-17-35)32-39-18-10-12-22-46(39)52-51/h1-33H. The molecule has 3 heterocycles. The fraction of sp³-hybridized carbons (Fsp3) is 0. The van der Waals surface area contributed by atoms with Crippen molar-refractivity contribution in [3.8, 4) is 44.9 Å². The number of benzene rings is 8. The number of aromatic nitrogens is 3. The van der Waals surface area contributed by atoms with Crippen LogP contribution in [0, 0.1) is 0 Å². The number of fused-ring (bicyclic) bond motifs is 7. The lowest BCUT2D eigenvalue weighted by Gasteiger charge is -2.15. The van der Waals surface area contributed by atoms with Crippen molar-refractivity contribution in [3.63, 3.8) is 0 Å². The van der Waals surface area contributed by atoms with Crippen LogP contribution in [-0.4, -0.2) is 14.1 Å². The molecule has 0 aliphatic carbocycles. The predicted octanol–water partition coefficient (Wildman–Crippen LogP) is 13.4. The Morgan fingerprint density at radius 1 is 0.315 bits per heavy atom. The summed E-state index contributed by atoms with van der Waals surface area (Å²) < 4.78 is 4.75. The van der Waals surface area contributed by atoms with E-state index in [-0.39, 0.29) is 0 Å². The number of hydrogen-bond acceptors (Lipinski definition) is 1. The van der Waals surface area contributed by atoms with E-state index < -0.39 is 0 Å². The van der Waals surface area contributed by atoms with Crippen LogP contribution in [0.25, 0.3) is 99.4 Å². The predicted molar refractivity (Wildman–Crippen MR) is 227 cm³/mol. The Morgan fingerprint density at radius 3 is 1.59 bits per heavy atom. The van der Waals surface area contributed by atoms with Gasteiger partial charge in [-0.3, -0.25) is 4.57 Å². The highest BCUT2D eigenvalue weighted by molar-refractivity contribution is 6.13. The van der Waals surface area contributed by atoms with Crippen LogP contribution in [0.1, 0.15) is 0 Å². The molecule has 0 fully saturated rings. The summed E-state index contributed by atoms with van der Waals surface area (Å²) in [5, 5.41) is 6.01. The van der Waals surface area contributed by atoms with E-state index in [0.29, 0.717) is 0 Å². The third-order valence-corrected chi connectivity index (χ3v) is 10.9. The highest BCUT2D eigenvalue weighted by Gasteiger charge is 2.20. The van der Waals surface area contributed by atoms with Crippen LogP contribution in [0.2, 0.25) is 0 Å². The normalized spacial score (nSPS) is 11.7. The SMILES string of the molecule is c1ccc(-c2ccc3c4cc(-c5ccc6c(c5)c5ccccc5n6-c5ccccc5)ccc4n(-c4nc5ccccc5cc4-c4ccccc4)c3c2)cc1. The van der Waals surface area contributed by atoms with Crippen molar-refractivity contribution in [2.45, 2.75) is 0 Å². The van der Waals surface area contributed by atoms with Gasteiger partial charge in [-0.05, 0) is 88.5 Å². The van der Waals surface area contributed by atoms with Crippen molar-refractivity contribution in [2.75, 3.05) is 0 Å². The van der Waals surface area contributed by atoms with E-state index in [1.165, 1.54) is 54.8 Å². The van der Waals surface area contributed by atoms with Crippen LogP contribution in [0.3, 0.4) is 0 Å². The topological polar surface area (TPSA) is 22.8 Å². The highest BCUT2D eigenvalue weighted by Crippen LogP contribution is 2.41. The second-order valence-corrected chi connectivity index (χ2v) is 14.0. The second-order valence-electron chi connectivity index (χ2n) is 14.0. The maximum absolute atomic E-state index is 5.43. The summed E-state index contributed by atoms with van der Waals surface area (Å²) in [6.07, 6.45) is 0. The van der Waals surface area contributed by atoms with E-state index in [0.717, 1.165) is 44.6 Å². The Labute approximate surface area is 312 Å². The zero-order valence-electron chi connectivity index (χ0n) is 29.4. The minimum absolute atomic E-state index is 0.924. The molecule has 3 nitrogen and oxygen atoms in total. The van der Waals surface area contributed by atoms with E-state index >= 15 is 0 Å². The zero-order chi connectivity index (χ0) is 35.6. The summed E-state index contributed by atoms with van der Waals surface area (Å²) in [6, 6.07) is 72.1. The summed E-state index contributed by atoms with van der Waals surface area (Å²) in [7, 11) is 0. The molecule has 0 aliphatic heterocycles. The Morgan fingerprint density at radius 2 is 0.852 bits per heavy atom. The average molecular weight is 688 g/mol. The fourth-order valence-electron chi connectivity index (χ4n) is 8.35. The Bertz CT molecular complexity index is 3190. The van der Waals surface area contributed by atoms with E-state index in [4.69, 9.17) is 4.98 Å². The summed E-state index contributed by atoms with van der Waals surface area (Å²) in [6.45, 7) is 0. The van der Waals surface area contributed by atoms with Gasteiger partial charge in [0.15, 0.2) is 0 Å². The lowest BCUT2D eigenvalue weighted by Crippen LogP contribution is -2.01. The van der Waals surface area contributed by atoms with Crippen molar-refractivity contribution in [2.24, 2.45) is 0 Å². The molecule has 0 radical (unpaired) electrons. The molecule has 0 aliphatic rings. The van der Waals surface area contributed by atoms with Gasteiger partial charge in [0.1, 0.15) is 5.82 Å². The number of nitrogens with zero attached hydrogens (tertiary/aromatic N) is 3. The average Bonchev–Trinajstić information content (AvgIpc) is 3.76. The molecule has 0 saturated heterocycles. The molecule has 54 heavy (non-hydrogen) atoms. The van der Waals surface area contributed by atoms with Crippen molar-refractivity contribution in [1.82, 2.24) is 14.1 Å². The largest absolute Gasteiger partial charge is 0.309 e. The van der Waals surface area contributed by atoms with Crippen LogP contribution < -0.4 is 0 Å². The summed E-state index contributed by atoms with van der Waals surface area (Å²) in [5.74, 6) is 0.924. The zero-order valence-corrected chi connectivity index (χ0v) is 29.4. The third kappa shape index (κ3) is 4.79. The fourth-order valence-corrected chi connectivity index (χ4v) is 8.35. The first-order chi connectivity index (χ1) is 26.8. The molecule has 0 bridgehead atoms. The highest BCUT2D eigenvalue weighted by atomic mass is 15.1. The molecule has 11 aromatic rings. The van der Waals surface area contributed by atoms with Gasteiger partial charge >= 0.3 is 0 Å². The molecule has 0 N–H and O–H groups in total. The van der Waals surface area contributed by atoms with Crippen LogP contribution in [0.15, 0.2) is 200 Å². The molecule has 0 saturated carbocycles. The summed E-state index contributed by atoms with van der Waals surface area (Å²) >= 11 is 0. The minimum Gasteiger partial charge on any atom is -0.309 e. The number of rotatable bonds is 5. The summed E-state index contributed by atoms with van der Waals surface area (Å²) in [4.78, 5) is 5.43. The van der Waals surface area contributed by atoms with Gasteiger partial charge < -0.3 is 4.57 Å². The Balaban J connectivity index is 1.17. The first kappa shape index (κ1) is 30.4. The van der Waals surface area contributed by atoms with E-state index in [2.05, 4.69) is 209 Å². The van der Waals surface area contributed by atoms with Crippen LogP contribution in [0.4, 0.5) is 0 Å². The second kappa shape index (κ2) is 12.2. The molecule has 8 aromatic carbocycles. The lowest BCUT2D eigenvalue weighted by atomic mass is 9.99. The Hall–Kier alpha value is -7.23. The lowest BCUT2D eigenvalue weighted by molar-refractivity contribution is 1.10. The first-order valence-electron chi connectivity index (χ1n) is 18.5. The number of hydrogen-bond donors (Lipinski definition) is 0. The van der Waals surface area contributed by atoms with Crippen molar-refractivity contribution < 1.29 is 0 Å². The molecule has 0 atom stereocenters. The van der Waals surface area contributed by atoms with Gasteiger partial charge in [-0.1, -0.05) is 140 Å². The van der Waals surface area contributed by atoms with Gasteiger partial charge in [0.2, 0.25) is 0 Å². The third-order valence-electron chi connectivity index (χ3n) is 10.9. The molecule has 11 rings (SSSR count). The smallest absolute Gasteiger partial charge is 0.146 e. The molecule has 0 spiro atoms. The van der Waals surface area contributed by atoms with Crippen LogP contribution in [0.5, 0.6) is 0 Å². The van der Waals surface area contributed by atoms with Crippen LogP contribution in [-0.2, 0) is 0 Å². The van der Waals surface area contributed by atoms with E-state index in [1.54, 1.807) is 0 Å². The van der Waals surface area contributed by atoms with Crippen molar-refractivity contribution in [3.05, 3.63) is 200 Å². The minimum atomic E-state index is 0.924. The van der Waals surface area contributed by atoms with Gasteiger partial charge in [-0.2, -0.15) is 0 Å². The van der Waals surface area contributed by atoms with Crippen LogP contribution >= 0.6 is 0 Å². The maximum Gasteiger partial charge on any atom is 0.146 e. The molecular formula is C51H33N3. The maximum atomic E-state index is 5.43. The quantitative estimate of drug-likeness (QED) is 0.177. The number of pyridine rings is 1. The first-order valence-corrected chi connectivity index (χ1v) is 18.5. The monoisotopic (exact) mass is 687 g/mol. The summed E-state index contributed by atoms with van der Waals surface area (Å²) in [5.41, 5.74) is 13.8. The van der Waals surface area contributed by atoms with Gasteiger partial charge in [0, 0.05) is 38.2 Å².